The second-order valence-electron chi connectivity index (χ2n) is 3.14. The van der Waals surface area contributed by atoms with Crippen molar-refractivity contribution in [2.24, 2.45) is 0 Å². The quantitative estimate of drug-likeness (QED) is 0.693. The molecule has 2 rings (SSSR count). The summed E-state index contributed by atoms with van der Waals surface area (Å²) in [4.78, 5) is 0. The summed E-state index contributed by atoms with van der Waals surface area (Å²) in [6.07, 6.45) is 0. The van der Waals surface area contributed by atoms with Crippen LogP contribution in [0.25, 0.3) is 11.1 Å². The zero-order valence-electron chi connectivity index (χ0n) is 7.90. The first-order valence-electron chi connectivity index (χ1n) is 4.40. The Morgan fingerprint density at radius 2 is 1.81 bits per heavy atom. The highest BCUT2D eigenvalue weighted by Gasteiger charge is 2.12. The van der Waals surface area contributed by atoms with Crippen molar-refractivity contribution in [3.8, 4) is 11.1 Å². The zero-order valence-corrected chi connectivity index (χ0v) is 9.41. The van der Waals surface area contributed by atoms with Crippen molar-refractivity contribution in [3.63, 3.8) is 0 Å². The smallest absolute Gasteiger partial charge is 0.150 e. The molecule has 2 aromatic carbocycles. The topological polar surface area (TPSA) is 0 Å². The van der Waals surface area contributed by atoms with Crippen LogP contribution in [0.2, 0.25) is 10.0 Å². The van der Waals surface area contributed by atoms with Gasteiger partial charge in [-0.1, -0.05) is 29.3 Å². The van der Waals surface area contributed by atoms with E-state index in [9.17, 15) is 8.78 Å². The van der Waals surface area contributed by atoms with Gasteiger partial charge in [0.1, 0.15) is 11.6 Å². The lowest BCUT2D eigenvalue weighted by Gasteiger charge is -2.05. The van der Waals surface area contributed by atoms with Gasteiger partial charge in [0, 0.05) is 16.1 Å². The normalized spacial score (nSPS) is 10.5. The summed E-state index contributed by atoms with van der Waals surface area (Å²) in [5.74, 6) is -1.30. The molecule has 0 nitrogen and oxygen atoms in total. The third-order valence-corrected chi connectivity index (χ3v) is 2.61. The fourth-order valence-corrected chi connectivity index (χ4v) is 1.66. The monoisotopic (exact) mass is 257 g/mol. The predicted octanol–water partition coefficient (Wildman–Crippen LogP) is 4.74. The highest BCUT2D eigenvalue weighted by atomic mass is 35.5. The van der Waals surface area contributed by atoms with Gasteiger partial charge in [-0.25, -0.2) is 8.78 Å². The van der Waals surface area contributed by atoms with Crippen molar-refractivity contribution in [1.29, 1.82) is 0 Å². The van der Waals surface area contributed by atoms with Crippen LogP contribution in [0.1, 0.15) is 0 Å². The number of halogens is 4. The van der Waals surface area contributed by atoms with Crippen LogP contribution < -0.4 is 0 Å². The van der Waals surface area contributed by atoms with Crippen molar-refractivity contribution in [2.45, 2.75) is 0 Å². The SMILES string of the molecule is Fc1cc(Cl)ccc1-c1[c]ccc(Cl)c1F. The summed E-state index contributed by atoms with van der Waals surface area (Å²) in [5.41, 5.74) is 0.0890. The first-order chi connectivity index (χ1) is 7.59. The Hall–Kier alpha value is -1.12. The maximum absolute atomic E-state index is 13.6. The molecule has 0 unspecified atom stereocenters. The van der Waals surface area contributed by atoms with Gasteiger partial charge in [-0.05, 0) is 30.3 Å². The van der Waals surface area contributed by atoms with E-state index in [0.29, 0.717) is 0 Å². The van der Waals surface area contributed by atoms with Crippen molar-refractivity contribution in [2.75, 3.05) is 0 Å². The number of hydrogen-bond acceptors (Lipinski definition) is 0. The molecule has 0 heterocycles. The minimum atomic E-state index is -0.689. The molecule has 0 aliphatic rings. The lowest BCUT2D eigenvalue weighted by molar-refractivity contribution is 0.616. The molecule has 0 saturated heterocycles. The summed E-state index contributed by atoms with van der Waals surface area (Å²) in [6, 6.07) is 9.39. The first kappa shape index (κ1) is 11.4. The van der Waals surface area contributed by atoms with E-state index in [0.717, 1.165) is 6.07 Å². The second kappa shape index (κ2) is 4.40. The average molecular weight is 258 g/mol. The Bertz CT molecular complexity index is 539. The standard InChI is InChI=1S/C12H5Cl2F2/c13-7-4-5-8(11(15)6-7)9-2-1-3-10(14)12(9)16/h1,3-6H. The Morgan fingerprint density at radius 3 is 2.50 bits per heavy atom. The van der Waals surface area contributed by atoms with Gasteiger partial charge in [0.05, 0.1) is 5.02 Å². The molecular weight excluding hydrogens is 253 g/mol. The Kier molecular flexibility index (Phi) is 3.13. The van der Waals surface area contributed by atoms with E-state index in [1.54, 1.807) is 0 Å². The summed E-state index contributed by atoms with van der Waals surface area (Å²) in [6.45, 7) is 0. The minimum absolute atomic E-state index is 0.00154. The summed E-state index contributed by atoms with van der Waals surface area (Å²) >= 11 is 11.2. The van der Waals surface area contributed by atoms with Gasteiger partial charge in [-0.2, -0.15) is 0 Å². The van der Waals surface area contributed by atoms with E-state index < -0.39 is 11.6 Å². The molecule has 0 spiro atoms. The molecule has 2 aromatic rings. The third kappa shape index (κ3) is 2.04. The Balaban J connectivity index is 2.63. The van der Waals surface area contributed by atoms with Gasteiger partial charge < -0.3 is 0 Å². The van der Waals surface area contributed by atoms with Crippen LogP contribution in [0, 0.1) is 17.7 Å². The molecule has 0 amide bonds. The fourth-order valence-electron chi connectivity index (χ4n) is 1.34. The molecule has 0 aromatic heterocycles. The van der Waals surface area contributed by atoms with E-state index in [1.165, 1.54) is 24.3 Å². The van der Waals surface area contributed by atoms with Crippen LogP contribution in [0.5, 0.6) is 0 Å². The molecule has 81 valence electrons. The van der Waals surface area contributed by atoms with Gasteiger partial charge in [-0.15, -0.1) is 0 Å². The maximum Gasteiger partial charge on any atom is 0.150 e. The van der Waals surface area contributed by atoms with Gasteiger partial charge >= 0.3 is 0 Å². The lowest BCUT2D eigenvalue weighted by Crippen LogP contribution is -1.89. The van der Waals surface area contributed by atoms with Crippen LogP contribution >= 0.6 is 23.2 Å². The molecule has 0 aliphatic carbocycles. The van der Waals surface area contributed by atoms with Crippen molar-refractivity contribution in [3.05, 3.63) is 58.1 Å². The van der Waals surface area contributed by atoms with E-state index in [4.69, 9.17) is 23.2 Å². The first-order valence-corrected chi connectivity index (χ1v) is 5.16. The molecule has 0 fully saturated rings. The zero-order chi connectivity index (χ0) is 11.7. The van der Waals surface area contributed by atoms with Gasteiger partial charge in [-0.3, -0.25) is 0 Å². The molecular formula is C12H5Cl2F2. The average Bonchev–Trinajstić information content (AvgIpc) is 2.23. The minimum Gasteiger partial charge on any atom is -0.206 e. The Labute approximate surface area is 101 Å². The molecule has 0 saturated carbocycles. The molecule has 0 N–H and O–H groups in total. The van der Waals surface area contributed by atoms with Crippen LogP contribution in [-0.4, -0.2) is 0 Å². The Morgan fingerprint density at radius 1 is 1.06 bits per heavy atom. The predicted molar refractivity (Wildman–Crippen MR) is 60.7 cm³/mol. The largest absolute Gasteiger partial charge is 0.206 e. The second-order valence-corrected chi connectivity index (χ2v) is 3.98. The summed E-state index contributed by atoms with van der Waals surface area (Å²) < 4.78 is 27.1. The lowest BCUT2D eigenvalue weighted by atomic mass is 10.0. The summed E-state index contributed by atoms with van der Waals surface area (Å²) in [7, 11) is 0. The fraction of sp³-hybridized carbons (Fsp3) is 0. The molecule has 0 atom stereocenters. The van der Waals surface area contributed by atoms with Crippen LogP contribution in [0.3, 0.4) is 0 Å². The van der Waals surface area contributed by atoms with E-state index in [1.807, 2.05) is 0 Å². The molecule has 1 radical (unpaired) electrons. The van der Waals surface area contributed by atoms with E-state index >= 15 is 0 Å². The van der Waals surface area contributed by atoms with Crippen LogP contribution in [0.15, 0.2) is 30.3 Å². The van der Waals surface area contributed by atoms with Crippen LogP contribution in [-0.2, 0) is 0 Å². The number of hydrogen-bond donors (Lipinski definition) is 0. The van der Waals surface area contributed by atoms with Crippen molar-refractivity contribution in [1.82, 2.24) is 0 Å². The molecule has 16 heavy (non-hydrogen) atoms. The molecule has 4 heteroatoms. The highest BCUT2D eigenvalue weighted by molar-refractivity contribution is 6.31. The van der Waals surface area contributed by atoms with Gasteiger partial charge in [0.2, 0.25) is 0 Å². The van der Waals surface area contributed by atoms with E-state index in [2.05, 4.69) is 6.07 Å². The van der Waals surface area contributed by atoms with Crippen molar-refractivity contribution >= 4 is 23.2 Å². The summed E-state index contributed by atoms with van der Waals surface area (Å²) in [5, 5.41) is 0.187. The van der Waals surface area contributed by atoms with E-state index in [-0.39, 0.29) is 21.2 Å². The van der Waals surface area contributed by atoms with Gasteiger partial charge in [0.25, 0.3) is 0 Å². The number of benzene rings is 2. The van der Waals surface area contributed by atoms with Gasteiger partial charge in [0.15, 0.2) is 0 Å². The van der Waals surface area contributed by atoms with Crippen LogP contribution in [0.4, 0.5) is 8.78 Å². The molecule has 0 bridgehead atoms. The third-order valence-electron chi connectivity index (χ3n) is 2.09. The maximum atomic E-state index is 13.6. The number of rotatable bonds is 1. The molecule has 0 aliphatic heterocycles. The van der Waals surface area contributed by atoms with Crippen molar-refractivity contribution < 1.29 is 8.78 Å². The highest BCUT2D eigenvalue weighted by Crippen LogP contribution is 2.30.